The Morgan fingerprint density at radius 1 is 1.73 bits per heavy atom. The molecule has 0 aromatic heterocycles. The third-order valence-electron chi connectivity index (χ3n) is 1.60. The van der Waals surface area contributed by atoms with Crippen molar-refractivity contribution in [1.82, 2.24) is 0 Å². The summed E-state index contributed by atoms with van der Waals surface area (Å²) in [4.78, 5) is 23.3. The molecule has 1 unspecified atom stereocenters. The standard InChI is InChI=1S/C7H9NO3/c9-5-8-7(10)4-6-2-1-3-11-6/h6H,1-4H2. The number of isocyanates is 1. The van der Waals surface area contributed by atoms with Crippen molar-refractivity contribution in [3.05, 3.63) is 0 Å². The Kier molecular flexibility index (Phi) is 2.95. The zero-order valence-corrected chi connectivity index (χ0v) is 6.08. The molecule has 4 nitrogen and oxygen atoms in total. The van der Waals surface area contributed by atoms with Crippen molar-refractivity contribution in [2.24, 2.45) is 4.99 Å². The number of hydrogen-bond acceptors (Lipinski definition) is 3. The summed E-state index contributed by atoms with van der Waals surface area (Å²) in [5.74, 6) is -0.438. The van der Waals surface area contributed by atoms with E-state index in [4.69, 9.17) is 4.74 Å². The van der Waals surface area contributed by atoms with Crippen LogP contribution in [-0.4, -0.2) is 24.7 Å². The van der Waals surface area contributed by atoms with Crippen LogP contribution in [0.25, 0.3) is 0 Å². The maximum atomic E-state index is 10.7. The topological polar surface area (TPSA) is 55.7 Å². The van der Waals surface area contributed by atoms with Crippen molar-refractivity contribution >= 4 is 12.0 Å². The molecule has 1 saturated heterocycles. The molecule has 1 aliphatic heterocycles. The van der Waals surface area contributed by atoms with Crippen LogP contribution in [0.1, 0.15) is 19.3 Å². The first-order chi connectivity index (χ1) is 5.33. The first-order valence-electron chi connectivity index (χ1n) is 3.55. The van der Waals surface area contributed by atoms with Gasteiger partial charge in [-0.3, -0.25) is 4.79 Å². The number of rotatable bonds is 2. The average molecular weight is 155 g/mol. The van der Waals surface area contributed by atoms with Gasteiger partial charge in [-0.05, 0) is 12.8 Å². The fourth-order valence-corrected chi connectivity index (χ4v) is 1.10. The Hall–Kier alpha value is -0.990. The maximum Gasteiger partial charge on any atom is 0.259 e. The van der Waals surface area contributed by atoms with E-state index in [0.29, 0.717) is 6.61 Å². The lowest BCUT2D eigenvalue weighted by molar-refractivity contribution is -0.119. The fraction of sp³-hybridized carbons (Fsp3) is 0.714. The minimum absolute atomic E-state index is 0.0281. The van der Waals surface area contributed by atoms with Gasteiger partial charge in [0.2, 0.25) is 6.08 Å². The molecule has 1 fully saturated rings. The van der Waals surface area contributed by atoms with Gasteiger partial charge < -0.3 is 4.74 Å². The van der Waals surface area contributed by atoms with Crippen molar-refractivity contribution < 1.29 is 14.3 Å². The van der Waals surface area contributed by atoms with Gasteiger partial charge in [-0.25, -0.2) is 4.79 Å². The van der Waals surface area contributed by atoms with E-state index in [1.165, 1.54) is 6.08 Å². The zero-order valence-electron chi connectivity index (χ0n) is 6.08. The summed E-state index contributed by atoms with van der Waals surface area (Å²) in [5, 5.41) is 0. The first kappa shape index (κ1) is 8.11. The molecule has 1 amide bonds. The van der Waals surface area contributed by atoms with Crippen LogP contribution in [0.5, 0.6) is 0 Å². The van der Waals surface area contributed by atoms with E-state index in [0.717, 1.165) is 12.8 Å². The zero-order chi connectivity index (χ0) is 8.10. The summed E-state index contributed by atoms with van der Waals surface area (Å²) in [6, 6.07) is 0. The van der Waals surface area contributed by atoms with E-state index in [2.05, 4.69) is 4.99 Å². The minimum atomic E-state index is -0.438. The maximum absolute atomic E-state index is 10.7. The van der Waals surface area contributed by atoms with Crippen LogP contribution in [0.4, 0.5) is 0 Å². The normalized spacial score (nSPS) is 22.7. The lowest BCUT2D eigenvalue weighted by Gasteiger charge is -2.03. The smallest absolute Gasteiger partial charge is 0.259 e. The Labute approximate surface area is 64.3 Å². The van der Waals surface area contributed by atoms with Crippen LogP contribution in [0.2, 0.25) is 0 Å². The number of hydrogen-bond donors (Lipinski definition) is 0. The highest BCUT2D eigenvalue weighted by Crippen LogP contribution is 2.15. The second-order valence-corrected chi connectivity index (χ2v) is 2.44. The molecule has 11 heavy (non-hydrogen) atoms. The van der Waals surface area contributed by atoms with Gasteiger partial charge in [0.1, 0.15) is 0 Å². The Bertz CT molecular complexity index is 190. The van der Waals surface area contributed by atoms with E-state index in [9.17, 15) is 9.59 Å². The van der Waals surface area contributed by atoms with Crippen LogP contribution in [-0.2, 0) is 14.3 Å². The van der Waals surface area contributed by atoms with E-state index in [1.54, 1.807) is 0 Å². The largest absolute Gasteiger partial charge is 0.378 e. The Morgan fingerprint density at radius 2 is 2.55 bits per heavy atom. The summed E-state index contributed by atoms with van der Waals surface area (Å²) in [7, 11) is 0. The number of amides is 1. The summed E-state index contributed by atoms with van der Waals surface area (Å²) in [6.45, 7) is 0.711. The number of aliphatic imine (C=N–C) groups is 1. The summed E-state index contributed by atoms with van der Waals surface area (Å²) in [6.07, 6.45) is 3.28. The van der Waals surface area contributed by atoms with Crippen LogP contribution < -0.4 is 0 Å². The van der Waals surface area contributed by atoms with Crippen molar-refractivity contribution in [3.63, 3.8) is 0 Å². The van der Waals surface area contributed by atoms with Crippen molar-refractivity contribution in [3.8, 4) is 0 Å². The van der Waals surface area contributed by atoms with Crippen molar-refractivity contribution in [2.75, 3.05) is 6.61 Å². The average Bonchev–Trinajstić information content (AvgIpc) is 2.40. The van der Waals surface area contributed by atoms with Gasteiger partial charge in [-0.15, -0.1) is 4.99 Å². The van der Waals surface area contributed by atoms with Crippen LogP contribution >= 0.6 is 0 Å². The second kappa shape index (κ2) is 4.01. The molecule has 0 N–H and O–H groups in total. The molecule has 1 atom stereocenters. The molecule has 1 heterocycles. The van der Waals surface area contributed by atoms with Crippen molar-refractivity contribution in [2.45, 2.75) is 25.4 Å². The van der Waals surface area contributed by atoms with Crippen LogP contribution in [0.15, 0.2) is 4.99 Å². The lowest BCUT2D eigenvalue weighted by Crippen LogP contribution is -2.10. The quantitative estimate of drug-likeness (QED) is 0.429. The minimum Gasteiger partial charge on any atom is -0.378 e. The number of carbonyl (C=O) groups excluding carboxylic acids is 2. The van der Waals surface area contributed by atoms with Crippen LogP contribution in [0.3, 0.4) is 0 Å². The van der Waals surface area contributed by atoms with Gasteiger partial charge in [0, 0.05) is 6.61 Å². The highest BCUT2D eigenvalue weighted by atomic mass is 16.5. The van der Waals surface area contributed by atoms with Crippen molar-refractivity contribution in [1.29, 1.82) is 0 Å². The first-order valence-corrected chi connectivity index (χ1v) is 3.55. The number of ether oxygens (including phenoxy) is 1. The molecule has 0 aromatic rings. The summed E-state index contributed by atoms with van der Waals surface area (Å²) < 4.78 is 5.16. The highest BCUT2D eigenvalue weighted by molar-refractivity contribution is 5.81. The number of nitrogens with zero attached hydrogens (tertiary/aromatic N) is 1. The lowest BCUT2D eigenvalue weighted by atomic mass is 10.2. The predicted molar refractivity (Wildman–Crippen MR) is 36.7 cm³/mol. The summed E-state index contributed by atoms with van der Waals surface area (Å²) >= 11 is 0. The van der Waals surface area contributed by atoms with E-state index >= 15 is 0 Å². The second-order valence-electron chi connectivity index (χ2n) is 2.44. The van der Waals surface area contributed by atoms with Gasteiger partial charge in [-0.1, -0.05) is 0 Å². The molecule has 0 aliphatic carbocycles. The number of carbonyl (C=O) groups is 1. The monoisotopic (exact) mass is 155 g/mol. The molecular weight excluding hydrogens is 146 g/mol. The molecule has 1 aliphatic rings. The third kappa shape index (κ3) is 2.62. The summed E-state index contributed by atoms with van der Waals surface area (Å²) in [5.41, 5.74) is 0. The molecule has 0 radical (unpaired) electrons. The molecule has 0 spiro atoms. The van der Waals surface area contributed by atoms with Gasteiger partial charge in [0.15, 0.2) is 0 Å². The van der Waals surface area contributed by atoms with Gasteiger partial charge in [0.05, 0.1) is 12.5 Å². The third-order valence-corrected chi connectivity index (χ3v) is 1.60. The highest BCUT2D eigenvalue weighted by Gasteiger charge is 2.18. The Balaban J connectivity index is 2.29. The van der Waals surface area contributed by atoms with Gasteiger partial charge in [-0.2, -0.15) is 0 Å². The van der Waals surface area contributed by atoms with E-state index in [-0.39, 0.29) is 12.5 Å². The molecule has 1 rings (SSSR count). The van der Waals surface area contributed by atoms with Gasteiger partial charge >= 0.3 is 0 Å². The molecule has 60 valence electrons. The van der Waals surface area contributed by atoms with E-state index < -0.39 is 5.91 Å². The van der Waals surface area contributed by atoms with Gasteiger partial charge in [0.25, 0.3) is 5.91 Å². The fourth-order valence-electron chi connectivity index (χ4n) is 1.10. The van der Waals surface area contributed by atoms with Crippen LogP contribution in [0, 0.1) is 0 Å². The predicted octanol–water partition coefficient (Wildman–Crippen LogP) is 0.418. The molecule has 4 heteroatoms. The SMILES string of the molecule is O=C=NC(=O)CC1CCCO1. The molecular formula is C7H9NO3. The molecule has 0 aromatic carbocycles. The molecule has 0 saturated carbocycles. The Morgan fingerprint density at radius 3 is 3.09 bits per heavy atom. The van der Waals surface area contributed by atoms with E-state index in [1.807, 2.05) is 0 Å². The molecule has 0 bridgehead atoms.